The van der Waals surface area contributed by atoms with Crippen molar-refractivity contribution >= 4 is 17.4 Å². The molecule has 1 aliphatic carbocycles. The summed E-state index contributed by atoms with van der Waals surface area (Å²) in [4.78, 5) is 23.6. The Morgan fingerprint density at radius 1 is 1.17 bits per heavy atom. The number of ether oxygens (including phenoxy) is 1. The third-order valence-corrected chi connectivity index (χ3v) is 7.15. The maximum absolute atomic E-state index is 12.3. The van der Waals surface area contributed by atoms with Crippen LogP contribution in [0.1, 0.15) is 57.1 Å². The summed E-state index contributed by atoms with van der Waals surface area (Å²) in [6.07, 6.45) is 11.6. The zero-order valence-corrected chi connectivity index (χ0v) is 20.9. The first-order chi connectivity index (χ1) is 17.1. The summed E-state index contributed by atoms with van der Waals surface area (Å²) >= 11 is 0. The van der Waals surface area contributed by atoms with Gasteiger partial charge in [-0.2, -0.15) is 0 Å². The van der Waals surface area contributed by atoms with Crippen molar-refractivity contribution in [1.29, 1.82) is 0 Å². The number of aryl methyl sites for hydroxylation is 1. The molecule has 1 aromatic heterocycles. The van der Waals surface area contributed by atoms with Crippen LogP contribution in [-0.4, -0.2) is 53.3 Å². The third-order valence-electron chi connectivity index (χ3n) is 7.15. The molecular weight excluding hydrogens is 440 g/mol. The molecule has 1 saturated heterocycles. The monoisotopic (exact) mass is 478 g/mol. The molecule has 1 amide bonds. The van der Waals surface area contributed by atoms with Crippen LogP contribution in [0.15, 0.2) is 42.7 Å². The molecular formula is C28H38N4O3. The van der Waals surface area contributed by atoms with Gasteiger partial charge in [0.05, 0.1) is 13.2 Å². The molecule has 2 aromatic rings. The van der Waals surface area contributed by atoms with Crippen molar-refractivity contribution in [2.45, 2.75) is 58.4 Å². The number of amides is 1. The molecule has 0 radical (unpaired) electrons. The minimum atomic E-state index is -0.195. The molecule has 7 heteroatoms. The molecule has 2 heterocycles. The van der Waals surface area contributed by atoms with E-state index in [1.807, 2.05) is 19.3 Å². The van der Waals surface area contributed by atoms with Crippen molar-refractivity contribution in [2.24, 2.45) is 11.8 Å². The number of carbonyl (C=O) groups excluding carboxylic acids is 1. The van der Waals surface area contributed by atoms with Crippen LogP contribution in [0.4, 0.5) is 5.95 Å². The summed E-state index contributed by atoms with van der Waals surface area (Å²) in [7, 11) is 0. The minimum absolute atomic E-state index is 0.0101. The number of hydrogen-bond acceptors (Lipinski definition) is 6. The van der Waals surface area contributed by atoms with Gasteiger partial charge in [-0.1, -0.05) is 25.1 Å². The molecule has 7 nitrogen and oxygen atoms in total. The normalized spacial score (nSPS) is 19.7. The Labute approximate surface area is 208 Å². The van der Waals surface area contributed by atoms with Crippen molar-refractivity contribution in [1.82, 2.24) is 15.3 Å². The number of aliphatic hydroxyl groups is 1. The SMILES string of the molecule is CCc1cnc(N2CCC(COc3ccc(C4=CCC(C(=O)N[C@@H](C)CO)CC4)cc3)CC2)nc1. The van der Waals surface area contributed by atoms with E-state index in [1.54, 1.807) is 0 Å². The standard InChI is InChI=1S/C28H38N4O3/c1-3-21-16-29-28(30-17-21)32-14-12-22(13-15-32)19-35-26-10-8-24(9-11-26)23-4-6-25(7-5-23)27(34)31-20(2)18-33/h4,8-11,16-17,20,22,25,33H,3,5-7,12-15,18-19H2,1-2H3,(H,31,34)/t20-,25?/m0/s1. The van der Waals surface area contributed by atoms with Gasteiger partial charge >= 0.3 is 0 Å². The highest BCUT2D eigenvalue weighted by Crippen LogP contribution is 2.31. The number of rotatable bonds is 9. The summed E-state index contributed by atoms with van der Waals surface area (Å²) in [6, 6.07) is 8.15. The van der Waals surface area contributed by atoms with Gasteiger partial charge in [-0.3, -0.25) is 4.79 Å². The van der Waals surface area contributed by atoms with Gasteiger partial charge < -0.3 is 20.1 Å². The maximum atomic E-state index is 12.3. The smallest absolute Gasteiger partial charge is 0.225 e. The first-order valence-corrected chi connectivity index (χ1v) is 12.9. The number of carbonyl (C=O) groups is 1. The number of benzene rings is 1. The van der Waals surface area contributed by atoms with E-state index in [4.69, 9.17) is 9.84 Å². The van der Waals surface area contributed by atoms with E-state index in [2.05, 4.69) is 57.4 Å². The number of aromatic nitrogens is 2. The first-order valence-electron chi connectivity index (χ1n) is 12.9. The van der Waals surface area contributed by atoms with Crippen molar-refractivity contribution in [3.8, 4) is 5.75 Å². The van der Waals surface area contributed by atoms with Gasteiger partial charge in [-0.15, -0.1) is 0 Å². The molecule has 1 unspecified atom stereocenters. The average molecular weight is 479 g/mol. The van der Waals surface area contributed by atoms with E-state index in [0.29, 0.717) is 5.92 Å². The fourth-order valence-corrected chi connectivity index (χ4v) is 4.71. The minimum Gasteiger partial charge on any atom is -0.493 e. The lowest BCUT2D eigenvalue weighted by Crippen LogP contribution is -2.39. The molecule has 0 spiro atoms. The number of hydrogen-bond donors (Lipinski definition) is 2. The number of anilines is 1. The van der Waals surface area contributed by atoms with Gasteiger partial charge in [0.1, 0.15) is 5.75 Å². The molecule has 2 aliphatic rings. The van der Waals surface area contributed by atoms with Crippen molar-refractivity contribution in [2.75, 3.05) is 31.2 Å². The predicted molar refractivity (Wildman–Crippen MR) is 138 cm³/mol. The van der Waals surface area contributed by atoms with Crippen LogP contribution >= 0.6 is 0 Å². The highest BCUT2D eigenvalue weighted by molar-refractivity contribution is 5.80. The molecule has 188 valence electrons. The summed E-state index contributed by atoms with van der Waals surface area (Å²) in [6.45, 7) is 6.55. The van der Waals surface area contributed by atoms with Crippen LogP contribution in [0.2, 0.25) is 0 Å². The van der Waals surface area contributed by atoms with Crippen LogP contribution in [0.5, 0.6) is 5.75 Å². The molecule has 2 N–H and O–H groups in total. The molecule has 1 aromatic carbocycles. The van der Waals surface area contributed by atoms with Crippen LogP contribution in [0.3, 0.4) is 0 Å². The fraction of sp³-hybridized carbons (Fsp3) is 0.536. The quantitative estimate of drug-likeness (QED) is 0.566. The van der Waals surface area contributed by atoms with Crippen molar-refractivity contribution in [3.05, 3.63) is 53.9 Å². The maximum Gasteiger partial charge on any atom is 0.225 e. The molecule has 2 atom stereocenters. The van der Waals surface area contributed by atoms with Gasteiger partial charge in [0.25, 0.3) is 0 Å². The van der Waals surface area contributed by atoms with Crippen molar-refractivity contribution < 1.29 is 14.6 Å². The second kappa shape index (κ2) is 12.2. The molecule has 1 fully saturated rings. The lowest BCUT2D eigenvalue weighted by Gasteiger charge is -2.31. The third kappa shape index (κ3) is 6.82. The summed E-state index contributed by atoms with van der Waals surface area (Å²) < 4.78 is 6.11. The number of aliphatic hydroxyl groups excluding tert-OH is 1. The Morgan fingerprint density at radius 2 is 1.89 bits per heavy atom. The van der Waals surface area contributed by atoms with E-state index < -0.39 is 0 Å². The highest BCUT2D eigenvalue weighted by atomic mass is 16.5. The Kier molecular flexibility index (Phi) is 8.74. The van der Waals surface area contributed by atoms with Crippen molar-refractivity contribution in [3.63, 3.8) is 0 Å². The number of nitrogens with one attached hydrogen (secondary N) is 1. The van der Waals surface area contributed by atoms with Gasteiger partial charge in [0.2, 0.25) is 11.9 Å². The van der Waals surface area contributed by atoms with Gasteiger partial charge in [0.15, 0.2) is 0 Å². The predicted octanol–water partition coefficient (Wildman–Crippen LogP) is 4.01. The average Bonchev–Trinajstić information content (AvgIpc) is 2.92. The van der Waals surface area contributed by atoms with Gasteiger partial charge in [-0.05, 0) is 80.2 Å². The molecule has 0 saturated carbocycles. The zero-order chi connectivity index (χ0) is 24.6. The van der Waals surface area contributed by atoms with Gasteiger partial charge in [-0.25, -0.2) is 9.97 Å². The molecule has 4 rings (SSSR count). The highest BCUT2D eigenvalue weighted by Gasteiger charge is 2.24. The van der Waals surface area contributed by atoms with Gasteiger partial charge in [0, 0.05) is 37.4 Å². The Hall–Kier alpha value is -2.93. The summed E-state index contributed by atoms with van der Waals surface area (Å²) in [5, 5.41) is 12.0. The second-order valence-electron chi connectivity index (χ2n) is 9.80. The second-order valence-corrected chi connectivity index (χ2v) is 9.80. The van der Waals surface area contributed by atoms with E-state index >= 15 is 0 Å². The first kappa shape index (κ1) is 25.2. The van der Waals surface area contributed by atoms with E-state index in [1.165, 1.54) is 16.7 Å². The number of nitrogens with zero attached hydrogens (tertiary/aromatic N) is 3. The summed E-state index contributed by atoms with van der Waals surface area (Å²) in [5.41, 5.74) is 3.66. The summed E-state index contributed by atoms with van der Waals surface area (Å²) in [5.74, 6) is 2.31. The van der Waals surface area contributed by atoms with Crippen LogP contribution in [-0.2, 0) is 11.2 Å². The fourth-order valence-electron chi connectivity index (χ4n) is 4.71. The zero-order valence-electron chi connectivity index (χ0n) is 20.9. The van der Waals surface area contributed by atoms with Crippen LogP contribution in [0.25, 0.3) is 5.57 Å². The Morgan fingerprint density at radius 3 is 2.49 bits per heavy atom. The molecule has 0 bridgehead atoms. The number of allylic oxidation sites excluding steroid dienone is 2. The Balaban J connectivity index is 1.21. The largest absolute Gasteiger partial charge is 0.493 e. The van der Waals surface area contributed by atoms with Crippen LogP contribution in [0, 0.1) is 11.8 Å². The van der Waals surface area contributed by atoms with Crippen LogP contribution < -0.4 is 15.0 Å². The molecule has 1 aliphatic heterocycles. The van der Waals surface area contributed by atoms with E-state index in [-0.39, 0.29) is 24.5 Å². The number of piperidine rings is 1. The molecule has 35 heavy (non-hydrogen) atoms. The lowest BCUT2D eigenvalue weighted by molar-refractivity contribution is -0.126. The van der Waals surface area contributed by atoms with E-state index in [9.17, 15) is 4.79 Å². The topological polar surface area (TPSA) is 87.6 Å². The lowest BCUT2D eigenvalue weighted by atomic mass is 9.86. The van der Waals surface area contributed by atoms with E-state index in [0.717, 1.165) is 69.9 Å². The Bertz CT molecular complexity index is 982.